The summed E-state index contributed by atoms with van der Waals surface area (Å²) in [6.45, 7) is 2.28. The van der Waals surface area contributed by atoms with Crippen molar-refractivity contribution in [3.8, 4) is 16.9 Å². The fourth-order valence-electron chi connectivity index (χ4n) is 3.25. The van der Waals surface area contributed by atoms with Crippen LogP contribution in [0.3, 0.4) is 0 Å². The molecule has 144 valence electrons. The van der Waals surface area contributed by atoms with Gasteiger partial charge in [-0.1, -0.05) is 78.3 Å². The first-order valence-corrected chi connectivity index (χ1v) is 9.73. The summed E-state index contributed by atoms with van der Waals surface area (Å²) in [5.41, 5.74) is 4.48. The average Bonchev–Trinajstić information content (AvgIpc) is 3.11. The number of halogens is 1. The van der Waals surface area contributed by atoms with Crippen molar-refractivity contribution in [1.29, 1.82) is 0 Å². The van der Waals surface area contributed by atoms with Gasteiger partial charge in [0.1, 0.15) is 0 Å². The monoisotopic (exact) mass is 401 g/mol. The molecule has 0 saturated carbocycles. The van der Waals surface area contributed by atoms with Crippen molar-refractivity contribution >= 4 is 17.3 Å². The lowest BCUT2D eigenvalue weighted by atomic mass is 10.1. The Morgan fingerprint density at radius 3 is 2.24 bits per heavy atom. The minimum absolute atomic E-state index is 0.129. The predicted octanol–water partition coefficient (Wildman–Crippen LogP) is 5.50. The number of hydrogen-bond donors (Lipinski definition) is 1. The van der Waals surface area contributed by atoms with Gasteiger partial charge in [-0.3, -0.25) is 14.9 Å². The SMILES string of the molecule is CC(=NCc1ccccc1Cl)c1c(-c2ccccc2)[nH]n(-c2ccccc2)c1=O. The fraction of sp³-hybridized carbons (Fsp3) is 0.0833. The Bertz CT molecular complexity index is 1210. The quantitative estimate of drug-likeness (QED) is 0.441. The maximum Gasteiger partial charge on any atom is 0.280 e. The van der Waals surface area contributed by atoms with E-state index in [4.69, 9.17) is 11.6 Å². The first-order chi connectivity index (χ1) is 14.1. The molecule has 3 aromatic carbocycles. The molecule has 29 heavy (non-hydrogen) atoms. The van der Waals surface area contributed by atoms with Crippen LogP contribution < -0.4 is 5.56 Å². The third kappa shape index (κ3) is 3.93. The van der Waals surface area contributed by atoms with Gasteiger partial charge in [0.2, 0.25) is 0 Å². The summed E-state index contributed by atoms with van der Waals surface area (Å²) in [4.78, 5) is 18.0. The van der Waals surface area contributed by atoms with E-state index in [1.54, 1.807) is 4.68 Å². The summed E-state index contributed by atoms with van der Waals surface area (Å²) in [6, 6.07) is 26.9. The topological polar surface area (TPSA) is 50.1 Å². The zero-order valence-corrected chi connectivity index (χ0v) is 16.7. The lowest BCUT2D eigenvalue weighted by Gasteiger charge is -2.04. The number of aromatic amines is 1. The molecule has 0 amide bonds. The standard InChI is InChI=1S/C24H20ClN3O/c1-17(26-16-19-12-8-9-15-21(19)25)22-23(18-10-4-2-5-11-18)27-28(24(22)29)20-13-6-3-7-14-20/h2-15,27H,16H2,1H3. The van der Waals surface area contributed by atoms with E-state index in [-0.39, 0.29) is 5.56 Å². The van der Waals surface area contributed by atoms with E-state index < -0.39 is 0 Å². The smallest absolute Gasteiger partial charge is 0.280 e. The molecule has 0 aliphatic rings. The molecule has 0 aliphatic heterocycles. The first-order valence-electron chi connectivity index (χ1n) is 9.36. The normalized spacial score (nSPS) is 11.6. The van der Waals surface area contributed by atoms with Gasteiger partial charge in [-0.15, -0.1) is 0 Å². The molecule has 0 unspecified atom stereocenters. The number of aliphatic imine (C=N–C) groups is 1. The Morgan fingerprint density at radius 1 is 0.931 bits per heavy atom. The maximum atomic E-state index is 13.3. The number of H-pyrrole nitrogens is 1. The highest BCUT2D eigenvalue weighted by molar-refractivity contribution is 6.31. The number of nitrogens with zero attached hydrogens (tertiary/aromatic N) is 2. The van der Waals surface area contributed by atoms with Crippen molar-refractivity contribution in [3.63, 3.8) is 0 Å². The van der Waals surface area contributed by atoms with E-state index in [9.17, 15) is 4.79 Å². The van der Waals surface area contributed by atoms with Crippen molar-refractivity contribution in [2.24, 2.45) is 4.99 Å². The maximum absolute atomic E-state index is 13.3. The minimum Gasteiger partial charge on any atom is -0.290 e. The number of para-hydroxylation sites is 1. The molecular formula is C24H20ClN3O. The Hall–Kier alpha value is -3.37. The summed E-state index contributed by atoms with van der Waals surface area (Å²) >= 11 is 6.26. The lowest BCUT2D eigenvalue weighted by molar-refractivity contribution is 0.852. The summed E-state index contributed by atoms with van der Waals surface area (Å²) < 4.78 is 1.56. The number of rotatable bonds is 5. The third-order valence-electron chi connectivity index (χ3n) is 4.77. The predicted molar refractivity (Wildman–Crippen MR) is 119 cm³/mol. The van der Waals surface area contributed by atoms with Gasteiger partial charge >= 0.3 is 0 Å². The van der Waals surface area contributed by atoms with Gasteiger partial charge in [-0.05, 0) is 30.7 Å². The van der Waals surface area contributed by atoms with Crippen LogP contribution in [-0.4, -0.2) is 15.5 Å². The van der Waals surface area contributed by atoms with Crippen LogP contribution in [0, 0.1) is 0 Å². The van der Waals surface area contributed by atoms with Gasteiger partial charge in [0, 0.05) is 16.3 Å². The highest BCUT2D eigenvalue weighted by Gasteiger charge is 2.19. The summed E-state index contributed by atoms with van der Waals surface area (Å²) in [7, 11) is 0. The molecule has 0 saturated heterocycles. The number of nitrogens with one attached hydrogen (secondary N) is 1. The Kier molecular flexibility index (Phi) is 5.45. The molecule has 4 aromatic rings. The van der Waals surface area contributed by atoms with Crippen LogP contribution in [0.15, 0.2) is 94.7 Å². The molecule has 1 aromatic heterocycles. The van der Waals surface area contributed by atoms with E-state index >= 15 is 0 Å². The summed E-state index contributed by atoms with van der Waals surface area (Å²) in [5, 5.41) is 3.94. The zero-order valence-electron chi connectivity index (χ0n) is 16.0. The molecule has 0 fully saturated rings. The molecule has 4 nitrogen and oxygen atoms in total. The van der Waals surface area contributed by atoms with Crippen molar-refractivity contribution in [2.75, 3.05) is 0 Å². The summed E-state index contributed by atoms with van der Waals surface area (Å²) in [6.07, 6.45) is 0. The molecule has 0 bridgehead atoms. The van der Waals surface area contributed by atoms with Crippen LogP contribution in [0.4, 0.5) is 0 Å². The second kappa shape index (κ2) is 8.33. The fourth-order valence-corrected chi connectivity index (χ4v) is 3.45. The zero-order chi connectivity index (χ0) is 20.2. The highest BCUT2D eigenvalue weighted by Crippen LogP contribution is 2.22. The van der Waals surface area contributed by atoms with Crippen LogP contribution >= 0.6 is 11.6 Å². The lowest BCUT2D eigenvalue weighted by Crippen LogP contribution is -2.19. The molecule has 5 heteroatoms. The average molecular weight is 402 g/mol. The van der Waals surface area contributed by atoms with Crippen LogP contribution in [0.5, 0.6) is 0 Å². The van der Waals surface area contributed by atoms with Crippen molar-refractivity contribution in [2.45, 2.75) is 13.5 Å². The van der Waals surface area contributed by atoms with E-state index in [1.807, 2.05) is 91.9 Å². The van der Waals surface area contributed by atoms with Gasteiger partial charge in [0.05, 0.1) is 23.5 Å². The van der Waals surface area contributed by atoms with Gasteiger partial charge < -0.3 is 0 Å². The Balaban J connectivity index is 1.83. The Labute approximate surface area is 174 Å². The Morgan fingerprint density at radius 2 is 1.55 bits per heavy atom. The van der Waals surface area contributed by atoms with E-state index in [1.165, 1.54) is 0 Å². The van der Waals surface area contributed by atoms with Gasteiger partial charge in [0.15, 0.2) is 0 Å². The third-order valence-corrected chi connectivity index (χ3v) is 5.14. The molecule has 0 atom stereocenters. The minimum atomic E-state index is -0.129. The van der Waals surface area contributed by atoms with Gasteiger partial charge in [-0.25, -0.2) is 4.68 Å². The highest BCUT2D eigenvalue weighted by atomic mass is 35.5. The van der Waals surface area contributed by atoms with E-state index in [2.05, 4.69) is 10.1 Å². The number of hydrogen-bond acceptors (Lipinski definition) is 2. The summed E-state index contributed by atoms with van der Waals surface area (Å²) in [5.74, 6) is 0. The molecule has 4 rings (SSSR count). The molecule has 0 radical (unpaired) electrons. The molecular weight excluding hydrogens is 382 g/mol. The number of aromatic nitrogens is 2. The van der Waals surface area contributed by atoms with Crippen molar-refractivity contribution in [1.82, 2.24) is 9.78 Å². The van der Waals surface area contributed by atoms with Crippen LogP contribution in [0.1, 0.15) is 18.1 Å². The van der Waals surface area contributed by atoms with Gasteiger partial charge in [-0.2, -0.15) is 0 Å². The van der Waals surface area contributed by atoms with Crippen LogP contribution in [0.25, 0.3) is 16.9 Å². The second-order valence-corrected chi connectivity index (χ2v) is 7.10. The molecule has 1 N–H and O–H groups in total. The number of benzene rings is 3. The van der Waals surface area contributed by atoms with Crippen LogP contribution in [0.2, 0.25) is 5.02 Å². The second-order valence-electron chi connectivity index (χ2n) is 6.70. The molecule has 1 heterocycles. The molecule has 0 aliphatic carbocycles. The van der Waals surface area contributed by atoms with E-state index in [0.29, 0.717) is 22.8 Å². The van der Waals surface area contributed by atoms with Crippen LogP contribution in [-0.2, 0) is 6.54 Å². The van der Waals surface area contributed by atoms with E-state index in [0.717, 1.165) is 22.5 Å². The van der Waals surface area contributed by atoms with Crippen molar-refractivity contribution < 1.29 is 0 Å². The molecule has 0 spiro atoms. The van der Waals surface area contributed by atoms with Gasteiger partial charge in [0.25, 0.3) is 5.56 Å². The first kappa shape index (κ1) is 19.0. The largest absolute Gasteiger partial charge is 0.290 e. The van der Waals surface area contributed by atoms with Crippen molar-refractivity contribution in [3.05, 3.63) is 111 Å².